The molecule has 0 fully saturated rings. The summed E-state index contributed by atoms with van der Waals surface area (Å²) in [4.78, 5) is 13.7. The summed E-state index contributed by atoms with van der Waals surface area (Å²) in [7, 11) is 0. The Morgan fingerprint density at radius 1 is 1.36 bits per heavy atom. The monoisotopic (exact) mass is 347 g/mol. The quantitative estimate of drug-likeness (QED) is 0.671. The molecule has 1 amide bonds. The molecule has 0 aliphatic heterocycles. The molecule has 0 aromatic heterocycles. The second kappa shape index (κ2) is 10.7. The number of nitrogens with zero attached hydrogens (tertiary/aromatic N) is 2. The molecule has 6 heteroatoms. The number of hydrogen-bond acceptors (Lipinski definition) is 5. The van der Waals surface area contributed by atoms with Crippen LogP contribution >= 0.6 is 0 Å². The van der Waals surface area contributed by atoms with Gasteiger partial charge in [0.15, 0.2) is 0 Å². The number of aliphatic hydroxyl groups excluding tert-OH is 1. The minimum Gasteiger partial charge on any atom is -0.444 e. The van der Waals surface area contributed by atoms with Gasteiger partial charge < -0.3 is 15.2 Å². The number of alkyl carbamates (subject to hydrolysis) is 1. The van der Waals surface area contributed by atoms with Gasteiger partial charge in [-0.1, -0.05) is 30.3 Å². The minimum absolute atomic E-state index is 0.113. The number of carbonyl (C=O) groups is 1. The summed E-state index contributed by atoms with van der Waals surface area (Å²) in [5.74, 6) is 0. The Balaban J connectivity index is 2.45. The molecular formula is C19H29N3O3. The number of nitriles is 1. The van der Waals surface area contributed by atoms with Gasteiger partial charge in [0.25, 0.3) is 0 Å². The Bertz CT molecular complexity index is 549. The second-order valence-corrected chi connectivity index (χ2v) is 7.02. The van der Waals surface area contributed by atoms with Crippen LogP contribution in [0.1, 0.15) is 39.2 Å². The molecular weight excluding hydrogens is 318 g/mol. The third-order valence-corrected chi connectivity index (χ3v) is 3.36. The molecule has 1 aromatic carbocycles. The lowest BCUT2D eigenvalue weighted by Crippen LogP contribution is -2.36. The summed E-state index contributed by atoms with van der Waals surface area (Å²) in [5.41, 5.74) is 0.636. The van der Waals surface area contributed by atoms with E-state index < -0.39 is 17.8 Å². The van der Waals surface area contributed by atoms with E-state index in [9.17, 15) is 9.90 Å². The number of benzene rings is 1. The van der Waals surface area contributed by atoms with E-state index in [1.165, 1.54) is 0 Å². The Labute approximate surface area is 150 Å². The predicted molar refractivity (Wildman–Crippen MR) is 96.8 cm³/mol. The lowest BCUT2D eigenvalue weighted by atomic mass is 10.2. The molecule has 0 aliphatic carbocycles. The van der Waals surface area contributed by atoms with Crippen LogP contribution in [-0.2, 0) is 11.3 Å². The molecule has 2 N–H and O–H groups in total. The molecule has 25 heavy (non-hydrogen) atoms. The zero-order valence-electron chi connectivity index (χ0n) is 15.4. The number of nitrogens with one attached hydrogen (secondary N) is 1. The standard InChI is InChI=1S/C19H29N3O3/c1-19(2,3)25-18(24)21-12-7-13-22(15-17(23)10-11-20)14-16-8-5-4-6-9-16/h4-6,8-9,17,23H,7,10,12-15H2,1-3H3,(H,21,24)/t17-/m0/s1. The van der Waals surface area contributed by atoms with Crippen molar-refractivity contribution in [3.63, 3.8) is 0 Å². The first-order valence-corrected chi connectivity index (χ1v) is 8.58. The topological polar surface area (TPSA) is 85.6 Å². The van der Waals surface area contributed by atoms with Crippen LogP contribution in [0.2, 0.25) is 0 Å². The molecule has 0 heterocycles. The SMILES string of the molecule is CC(C)(C)OC(=O)NCCCN(Cc1ccccc1)C[C@@H](O)CC#N. The molecule has 1 atom stereocenters. The highest BCUT2D eigenvalue weighted by atomic mass is 16.6. The lowest BCUT2D eigenvalue weighted by Gasteiger charge is -2.25. The third kappa shape index (κ3) is 10.4. The Kier molecular flexibility index (Phi) is 8.96. The van der Waals surface area contributed by atoms with Gasteiger partial charge >= 0.3 is 6.09 Å². The fourth-order valence-corrected chi connectivity index (χ4v) is 2.35. The predicted octanol–water partition coefficient (Wildman–Crippen LogP) is 2.68. The van der Waals surface area contributed by atoms with Crippen molar-refractivity contribution in [2.45, 2.75) is 51.9 Å². The summed E-state index contributed by atoms with van der Waals surface area (Å²) in [5, 5.41) is 21.4. The van der Waals surface area contributed by atoms with Crippen LogP contribution in [-0.4, -0.2) is 47.4 Å². The zero-order valence-corrected chi connectivity index (χ0v) is 15.4. The van der Waals surface area contributed by atoms with Gasteiger partial charge in [0, 0.05) is 26.2 Å². The van der Waals surface area contributed by atoms with E-state index in [2.05, 4.69) is 10.2 Å². The summed E-state index contributed by atoms with van der Waals surface area (Å²) in [6, 6.07) is 12.0. The number of aliphatic hydroxyl groups is 1. The van der Waals surface area contributed by atoms with E-state index in [0.29, 0.717) is 26.2 Å². The molecule has 1 aromatic rings. The van der Waals surface area contributed by atoms with Gasteiger partial charge in [-0.05, 0) is 32.8 Å². The van der Waals surface area contributed by atoms with Crippen LogP contribution in [0.5, 0.6) is 0 Å². The zero-order chi connectivity index (χ0) is 18.7. The van der Waals surface area contributed by atoms with Crippen LogP contribution in [0.15, 0.2) is 30.3 Å². The van der Waals surface area contributed by atoms with Crippen molar-refractivity contribution in [1.82, 2.24) is 10.2 Å². The molecule has 6 nitrogen and oxygen atoms in total. The van der Waals surface area contributed by atoms with Crippen LogP contribution < -0.4 is 5.32 Å². The highest BCUT2D eigenvalue weighted by Gasteiger charge is 2.16. The highest BCUT2D eigenvalue weighted by molar-refractivity contribution is 5.67. The minimum atomic E-state index is -0.674. The number of amides is 1. The average Bonchev–Trinajstić information content (AvgIpc) is 2.51. The van der Waals surface area contributed by atoms with E-state index >= 15 is 0 Å². The maximum absolute atomic E-state index is 11.6. The van der Waals surface area contributed by atoms with Crippen LogP contribution in [0.25, 0.3) is 0 Å². The number of hydrogen-bond donors (Lipinski definition) is 2. The van der Waals surface area contributed by atoms with Gasteiger partial charge in [-0.2, -0.15) is 5.26 Å². The summed E-state index contributed by atoms with van der Waals surface area (Å²) < 4.78 is 5.20. The van der Waals surface area contributed by atoms with Crippen molar-refractivity contribution in [2.24, 2.45) is 0 Å². The van der Waals surface area contributed by atoms with E-state index in [-0.39, 0.29) is 6.42 Å². The number of carbonyl (C=O) groups excluding carboxylic acids is 1. The van der Waals surface area contributed by atoms with Gasteiger partial charge in [-0.3, -0.25) is 4.90 Å². The van der Waals surface area contributed by atoms with Gasteiger partial charge in [0.1, 0.15) is 5.60 Å². The van der Waals surface area contributed by atoms with Crippen molar-refractivity contribution < 1.29 is 14.6 Å². The lowest BCUT2D eigenvalue weighted by molar-refractivity contribution is 0.0523. The maximum atomic E-state index is 11.6. The molecule has 0 unspecified atom stereocenters. The molecule has 0 spiro atoms. The molecule has 0 saturated carbocycles. The average molecular weight is 347 g/mol. The smallest absolute Gasteiger partial charge is 0.407 e. The second-order valence-electron chi connectivity index (χ2n) is 7.02. The molecule has 0 radical (unpaired) electrons. The molecule has 1 rings (SSSR count). The molecule has 0 bridgehead atoms. The fraction of sp³-hybridized carbons (Fsp3) is 0.579. The third-order valence-electron chi connectivity index (χ3n) is 3.36. The summed E-state index contributed by atoms with van der Waals surface area (Å²) in [6.07, 6.45) is -0.258. The van der Waals surface area contributed by atoms with Crippen LogP contribution in [0.3, 0.4) is 0 Å². The van der Waals surface area contributed by atoms with Gasteiger partial charge in [-0.25, -0.2) is 4.79 Å². The Morgan fingerprint density at radius 2 is 2.04 bits per heavy atom. The van der Waals surface area contributed by atoms with Crippen molar-refractivity contribution >= 4 is 6.09 Å². The van der Waals surface area contributed by atoms with Crippen LogP contribution in [0.4, 0.5) is 4.79 Å². The first kappa shape index (κ1) is 20.9. The van der Waals surface area contributed by atoms with Crippen molar-refractivity contribution in [2.75, 3.05) is 19.6 Å². The molecule has 0 saturated heterocycles. The first-order valence-electron chi connectivity index (χ1n) is 8.58. The van der Waals surface area contributed by atoms with Crippen molar-refractivity contribution in [3.8, 4) is 6.07 Å². The van der Waals surface area contributed by atoms with E-state index in [4.69, 9.17) is 10.00 Å². The van der Waals surface area contributed by atoms with Gasteiger partial charge in [-0.15, -0.1) is 0 Å². The van der Waals surface area contributed by atoms with E-state index in [0.717, 1.165) is 12.0 Å². The number of ether oxygens (including phenoxy) is 1. The maximum Gasteiger partial charge on any atom is 0.407 e. The summed E-state index contributed by atoms with van der Waals surface area (Å²) >= 11 is 0. The van der Waals surface area contributed by atoms with Gasteiger partial charge in [0.05, 0.1) is 18.6 Å². The van der Waals surface area contributed by atoms with Crippen LogP contribution in [0, 0.1) is 11.3 Å². The fourth-order valence-electron chi connectivity index (χ4n) is 2.35. The van der Waals surface area contributed by atoms with Crippen molar-refractivity contribution in [3.05, 3.63) is 35.9 Å². The Hall–Kier alpha value is -2.10. The van der Waals surface area contributed by atoms with E-state index in [1.54, 1.807) is 0 Å². The largest absolute Gasteiger partial charge is 0.444 e. The first-order chi connectivity index (χ1) is 11.8. The highest BCUT2D eigenvalue weighted by Crippen LogP contribution is 2.08. The normalized spacial score (nSPS) is 12.5. The van der Waals surface area contributed by atoms with Gasteiger partial charge in [0.2, 0.25) is 0 Å². The molecule has 0 aliphatic rings. The van der Waals surface area contributed by atoms with Crippen molar-refractivity contribution in [1.29, 1.82) is 5.26 Å². The Morgan fingerprint density at radius 3 is 2.64 bits per heavy atom. The summed E-state index contributed by atoms with van der Waals surface area (Å²) in [6.45, 7) is 7.78. The van der Waals surface area contributed by atoms with E-state index in [1.807, 2.05) is 57.2 Å². The number of rotatable bonds is 9. The molecule has 138 valence electrons.